The monoisotopic (exact) mass is 474 g/mol. The van der Waals surface area contributed by atoms with E-state index in [1.807, 2.05) is 24.4 Å². The molecule has 0 saturated heterocycles. The number of nitrogens with zero attached hydrogens (tertiary/aromatic N) is 4. The number of para-hydroxylation sites is 1. The molecule has 5 heteroatoms. The number of hydrogen-bond acceptors (Lipinski definition) is 4. The van der Waals surface area contributed by atoms with Gasteiger partial charge in [0, 0.05) is 54.2 Å². The Labute approximate surface area is 211 Å². The van der Waals surface area contributed by atoms with Crippen LogP contribution in [-0.2, 0) is 5.41 Å². The fraction of sp³-hybridized carbons (Fsp3) is 0.194. The third-order valence-corrected chi connectivity index (χ3v) is 6.75. The van der Waals surface area contributed by atoms with Crippen LogP contribution in [0, 0.1) is 0 Å². The Kier molecular flexibility index (Phi) is 5.22. The van der Waals surface area contributed by atoms with E-state index in [0.717, 1.165) is 40.7 Å². The molecule has 0 unspecified atom stereocenters. The molecule has 36 heavy (non-hydrogen) atoms. The van der Waals surface area contributed by atoms with E-state index in [9.17, 15) is 0 Å². The van der Waals surface area contributed by atoms with E-state index in [-0.39, 0.29) is 5.41 Å². The predicted molar refractivity (Wildman–Crippen MR) is 148 cm³/mol. The molecule has 0 saturated carbocycles. The molecule has 0 bridgehead atoms. The molecule has 3 heterocycles. The molecule has 6 rings (SSSR count). The third kappa shape index (κ3) is 3.97. The molecule has 0 spiro atoms. The lowest BCUT2D eigenvalue weighted by Gasteiger charge is -2.19. The molecule has 0 atom stereocenters. The standard InChI is InChI=1S/C31H30N4O/c1-31(2,3)22-12-15-30(32-20-22)35-28-11-6-5-10-26(28)27-14-13-25(19-29(27)35)36-24-9-7-8-23(18-24)34-17-16-33(4)21-34/h5-20H,21H2,1-4H3. The van der Waals surface area contributed by atoms with Gasteiger partial charge in [0.1, 0.15) is 17.3 Å². The zero-order valence-electron chi connectivity index (χ0n) is 21.1. The first kappa shape index (κ1) is 22.2. The van der Waals surface area contributed by atoms with Gasteiger partial charge in [0.05, 0.1) is 17.7 Å². The minimum Gasteiger partial charge on any atom is -0.457 e. The van der Waals surface area contributed by atoms with Gasteiger partial charge in [-0.25, -0.2) is 4.98 Å². The zero-order valence-corrected chi connectivity index (χ0v) is 21.1. The van der Waals surface area contributed by atoms with Crippen LogP contribution in [0.5, 0.6) is 11.5 Å². The third-order valence-electron chi connectivity index (χ3n) is 6.75. The lowest BCUT2D eigenvalue weighted by Crippen LogP contribution is -2.21. The highest BCUT2D eigenvalue weighted by atomic mass is 16.5. The van der Waals surface area contributed by atoms with Gasteiger partial charge in [-0.05, 0) is 47.4 Å². The molecule has 180 valence electrons. The smallest absolute Gasteiger partial charge is 0.137 e. The first-order chi connectivity index (χ1) is 17.4. The van der Waals surface area contributed by atoms with Crippen molar-refractivity contribution >= 4 is 27.5 Å². The molecule has 0 radical (unpaired) electrons. The second-order valence-corrected chi connectivity index (χ2v) is 10.5. The molecule has 5 nitrogen and oxygen atoms in total. The molecule has 2 aromatic heterocycles. The highest BCUT2D eigenvalue weighted by Crippen LogP contribution is 2.36. The molecule has 3 aromatic carbocycles. The van der Waals surface area contributed by atoms with Gasteiger partial charge in [-0.3, -0.25) is 4.57 Å². The van der Waals surface area contributed by atoms with Gasteiger partial charge in [-0.2, -0.15) is 0 Å². The average molecular weight is 475 g/mol. The number of ether oxygens (including phenoxy) is 1. The summed E-state index contributed by atoms with van der Waals surface area (Å²) in [4.78, 5) is 9.21. The largest absolute Gasteiger partial charge is 0.457 e. The first-order valence-corrected chi connectivity index (χ1v) is 12.3. The van der Waals surface area contributed by atoms with Crippen molar-refractivity contribution in [2.24, 2.45) is 0 Å². The fourth-order valence-corrected chi connectivity index (χ4v) is 4.78. The van der Waals surface area contributed by atoms with Crippen LogP contribution in [0.1, 0.15) is 26.3 Å². The summed E-state index contributed by atoms with van der Waals surface area (Å²) in [5, 5.41) is 2.38. The van der Waals surface area contributed by atoms with Gasteiger partial charge in [-0.15, -0.1) is 0 Å². The van der Waals surface area contributed by atoms with Gasteiger partial charge in [0.25, 0.3) is 0 Å². The van der Waals surface area contributed by atoms with Gasteiger partial charge in [-0.1, -0.05) is 51.1 Å². The van der Waals surface area contributed by atoms with Crippen molar-refractivity contribution in [1.82, 2.24) is 14.5 Å². The number of hydrogen-bond donors (Lipinski definition) is 0. The van der Waals surface area contributed by atoms with Crippen LogP contribution >= 0.6 is 0 Å². The molecule has 0 fully saturated rings. The summed E-state index contributed by atoms with van der Waals surface area (Å²) in [6.07, 6.45) is 6.15. The van der Waals surface area contributed by atoms with Crippen molar-refractivity contribution in [2.45, 2.75) is 26.2 Å². The van der Waals surface area contributed by atoms with Crippen molar-refractivity contribution in [1.29, 1.82) is 0 Å². The number of rotatable bonds is 4. The Bertz CT molecular complexity index is 1590. The number of anilines is 1. The van der Waals surface area contributed by atoms with E-state index in [0.29, 0.717) is 0 Å². The summed E-state index contributed by atoms with van der Waals surface area (Å²) in [6.45, 7) is 7.46. The van der Waals surface area contributed by atoms with Crippen LogP contribution in [-0.4, -0.2) is 28.2 Å². The van der Waals surface area contributed by atoms with Crippen molar-refractivity contribution in [3.05, 3.63) is 103 Å². The van der Waals surface area contributed by atoms with Crippen LogP contribution in [0.4, 0.5) is 5.69 Å². The molecule has 1 aliphatic heterocycles. The summed E-state index contributed by atoms with van der Waals surface area (Å²) in [6, 6.07) is 27.3. The normalized spacial score (nSPS) is 13.8. The quantitative estimate of drug-likeness (QED) is 0.271. The van der Waals surface area contributed by atoms with E-state index in [1.54, 1.807) is 0 Å². The highest BCUT2D eigenvalue weighted by molar-refractivity contribution is 6.09. The first-order valence-electron chi connectivity index (χ1n) is 12.3. The molecule has 0 amide bonds. The maximum absolute atomic E-state index is 6.37. The molecule has 5 aromatic rings. The average Bonchev–Trinajstić information content (AvgIpc) is 3.45. The molecule has 0 aliphatic carbocycles. The Morgan fingerprint density at radius 2 is 1.58 bits per heavy atom. The van der Waals surface area contributed by atoms with Crippen molar-refractivity contribution in [2.75, 3.05) is 18.6 Å². The van der Waals surface area contributed by atoms with E-state index in [2.05, 4.69) is 115 Å². The number of pyridine rings is 1. The molecule has 1 aliphatic rings. The lowest BCUT2D eigenvalue weighted by atomic mass is 9.88. The van der Waals surface area contributed by atoms with Crippen molar-refractivity contribution < 1.29 is 4.74 Å². The second kappa shape index (κ2) is 8.45. The summed E-state index contributed by atoms with van der Waals surface area (Å²) < 4.78 is 8.59. The molecular weight excluding hydrogens is 444 g/mol. The van der Waals surface area contributed by atoms with Crippen LogP contribution in [0.3, 0.4) is 0 Å². The summed E-state index contributed by atoms with van der Waals surface area (Å²) in [5.41, 5.74) is 4.58. The van der Waals surface area contributed by atoms with E-state index in [1.165, 1.54) is 16.3 Å². The Morgan fingerprint density at radius 3 is 2.33 bits per heavy atom. The van der Waals surface area contributed by atoms with Gasteiger partial charge < -0.3 is 14.5 Å². The minimum atomic E-state index is 0.0577. The Morgan fingerprint density at radius 1 is 0.778 bits per heavy atom. The Hall–Kier alpha value is -4.25. The minimum absolute atomic E-state index is 0.0577. The van der Waals surface area contributed by atoms with Crippen molar-refractivity contribution in [3.8, 4) is 17.3 Å². The summed E-state index contributed by atoms with van der Waals surface area (Å²) in [7, 11) is 2.07. The molecule has 0 N–H and O–H groups in total. The van der Waals surface area contributed by atoms with Crippen LogP contribution in [0.2, 0.25) is 0 Å². The van der Waals surface area contributed by atoms with Gasteiger partial charge in [0.15, 0.2) is 0 Å². The molecular formula is C31H30N4O. The topological polar surface area (TPSA) is 33.5 Å². The maximum Gasteiger partial charge on any atom is 0.137 e. The number of aromatic nitrogens is 2. The van der Waals surface area contributed by atoms with Crippen LogP contribution in [0.25, 0.3) is 27.6 Å². The predicted octanol–water partition coefficient (Wildman–Crippen LogP) is 7.45. The highest BCUT2D eigenvalue weighted by Gasteiger charge is 2.17. The fourth-order valence-electron chi connectivity index (χ4n) is 4.78. The zero-order chi connectivity index (χ0) is 24.9. The number of benzene rings is 3. The van der Waals surface area contributed by atoms with Gasteiger partial charge >= 0.3 is 0 Å². The second-order valence-electron chi connectivity index (χ2n) is 10.5. The number of fused-ring (bicyclic) bond motifs is 3. The van der Waals surface area contributed by atoms with E-state index < -0.39 is 0 Å². The van der Waals surface area contributed by atoms with E-state index in [4.69, 9.17) is 9.72 Å². The SMILES string of the molecule is CN1C=CN(c2cccc(Oc3ccc4c5ccccc5n(-c5ccc(C(C)(C)C)cn5)c4c3)c2)C1. The Balaban J connectivity index is 1.41. The maximum atomic E-state index is 6.37. The summed E-state index contributed by atoms with van der Waals surface area (Å²) in [5.74, 6) is 2.51. The van der Waals surface area contributed by atoms with E-state index >= 15 is 0 Å². The lowest BCUT2D eigenvalue weighted by molar-refractivity contribution is 0.481. The van der Waals surface area contributed by atoms with Crippen molar-refractivity contribution in [3.63, 3.8) is 0 Å². The summed E-state index contributed by atoms with van der Waals surface area (Å²) >= 11 is 0. The van der Waals surface area contributed by atoms with Crippen LogP contribution < -0.4 is 9.64 Å². The van der Waals surface area contributed by atoms with Crippen LogP contribution in [0.15, 0.2) is 97.5 Å². The van der Waals surface area contributed by atoms with Gasteiger partial charge in [0.2, 0.25) is 0 Å².